The summed E-state index contributed by atoms with van der Waals surface area (Å²) in [5, 5.41) is 2.98. The van der Waals surface area contributed by atoms with Gasteiger partial charge in [-0.3, -0.25) is 9.59 Å². The molecular weight excluding hydrogens is 358 g/mol. The molecule has 21 heavy (non-hydrogen) atoms. The molecule has 0 aliphatic heterocycles. The molecule has 0 aliphatic rings. The number of anilines is 1. The van der Waals surface area contributed by atoms with E-state index in [2.05, 4.69) is 21.2 Å². The molecule has 0 aromatic heterocycles. The molecule has 108 valence electrons. The molecule has 2 aromatic rings. The van der Waals surface area contributed by atoms with Gasteiger partial charge in [0, 0.05) is 4.47 Å². The van der Waals surface area contributed by atoms with Crippen LogP contribution in [0.2, 0.25) is 5.02 Å². The summed E-state index contributed by atoms with van der Waals surface area (Å²) in [6.07, 6.45) is 0.632. The molecule has 0 atom stereocenters. The van der Waals surface area contributed by atoms with Gasteiger partial charge in [-0.15, -0.1) is 0 Å². The van der Waals surface area contributed by atoms with E-state index in [1.165, 1.54) is 0 Å². The molecule has 0 unspecified atom stereocenters. The summed E-state index contributed by atoms with van der Waals surface area (Å²) in [5.41, 5.74) is 0.942. The van der Waals surface area contributed by atoms with E-state index < -0.39 is 0 Å². The maximum Gasteiger partial charge on any atom is 0.262 e. The number of hydrogen-bond donors (Lipinski definition) is 1. The number of amides is 1. The molecular formula is C15H11BrClNO3. The molecule has 0 aliphatic carbocycles. The van der Waals surface area contributed by atoms with E-state index in [4.69, 9.17) is 16.3 Å². The lowest BCUT2D eigenvalue weighted by molar-refractivity contribution is -0.118. The summed E-state index contributed by atoms with van der Waals surface area (Å²) in [7, 11) is 0. The molecule has 1 N–H and O–H groups in total. The third kappa shape index (κ3) is 4.06. The predicted octanol–water partition coefficient (Wildman–Crippen LogP) is 3.93. The van der Waals surface area contributed by atoms with Gasteiger partial charge in [0.05, 0.1) is 16.3 Å². The number of hydrogen-bond acceptors (Lipinski definition) is 3. The van der Waals surface area contributed by atoms with Crippen molar-refractivity contribution in [3.05, 3.63) is 57.5 Å². The standard InChI is InChI=1S/C15H11BrClNO3/c16-11-5-1-2-7-13(11)18-14(20)9-21-15-10(8-19)4-3-6-12(15)17/h1-8H,9H2,(H,18,20). The zero-order valence-electron chi connectivity index (χ0n) is 10.8. The molecule has 0 radical (unpaired) electrons. The van der Waals surface area contributed by atoms with Crippen LogP contribution >= 0.6 is 27.5 Å². The van der Waals surface area contributed by atoms with Crippen LogP contribution in [0, 0.1) is 0 Å². The minimum atomic E-state index is -0.348. The summed E-state index contributed by atoms with van der Waals surface area (Å²) in [6, 6.07) is 12.0. The zero-order chi connectivity index (χ0) is 15.2. The van der Waals surface area contributed by atoms with Crippen LogP contribution in [0.5, 0.6) is 5.75 Å². The van der Waals surface area contributed by atoms with Crippen LogP contribution in [0.3, 0.4) is 0 Å². The average molecular weight is 369 g/mol. The van der Waals surface area contributed by atoms with Crippen molar-refractivity contribution in [3.8, 4) is 5.75 Å². The Morgan fingerprint density at radius 1 is 1.24 bits per heavy atom. The van der Waals surface area contributed by atoms with E-state index in [9.17, 15) is 9.59 Å². The first kappa shape index (κ1) is 15.5. The van der Waals surface area contributed by atoms with Gasteiger partial charge in [-0.25, -0.2) is 0 Å². The summed E-state index contributed by atoms with van der Waals surface area (Å²) >= 11 is 9.29. The summed E-state index contributed by atoms with van der Waals surface area (Å²) in [6.45, 7) is -0.244. The number of nitrogens with one attached hydrogen (secondary N) is 1. The number of rotatable bonds is 5. The molecule has 1 amide bonds. The first-order chi connectivity index (χ1) is 10.1. The Hall–Kier alpha value is -1.85. The van der Waals surface area contributed by atoms with E-state index in [1.807, 2.05) is 12.1 Å². The summed E-state index contributed by atoms with van der Waals surface area (Å²) in [5.74, 6) is -0.143. The Bertz CT molecular complexity index is 676. The molecule has 0 bridgehead atoms. The van der Waals surface area contributed by atoms with E-state index in [0.717, 1.165) is 4.47 Å². The van der Waals surface area contributed by atoms with Crippen LogP contribution in [0.25, 0.3) is 0 Å². The van der Waals surface area contributed by atoms with E-state index in [1.54, 1.807) is 30.3 Å². The highest BCUT2D eigenvalue weighted by Crippen LogP contribution is 2.27. The number of ether oxygens (including phenoxy) is 1. The second-order valence-corrected chi connectivity index (χ2v) is 5.35. The van der Waals surface area contributed by atoms with Gasteiger partial charge in [0.1, 0.15) is 5.75 Å². The van der Waals surface area contributed by atoms with E-state index >= 15 is 0 Å². The second kappa shape index (κ2) is 7.24. The Kier molecular flexibility index (Phi) is 5.36. The molecule has 0 saturated heterocycles. The van der Waals surface area contributed by atoms with Gasteiger partial charge in [0.15, 0.2) is 12.9 Å². The molecule has 0 spiro atoms. The van der Waals surface area contributed by atoms with Gasteiger partial charge in [-0.1, -0.05) is 29.8 Å². The SMILES string of the molecule is O=Cc1cccc(Cl)c1OCC(=O)Nc1ccccc1Br. The molecule has 0 heterocycles. The third-order valence-corrected chi connectivity index (χ3v) is 3.61. The molecule has 2 rings (SSSR count). The van der Waals surface area contributed by atoms with Crippen molar-refractivity contribution >= 4 is 45.4 Å². The summed E-state index contributed by atoms with van der Waals surface area (Å²) in [4.78, 5) is 22.8. The average Bonchev–Trinajstić information content (AvgIpc) is 2.48. The molecule has 2 aromatic carbocycles. The Labute approximate surface area is 135 Å². The van der Waals surface area contributed by atoms with Crippen molar-refractivity contribution in [1.82, 2.24) is 0 Å². The van der Waals surface area contributed by atoms with Crippen molar-refractivity contribution in [2.45, 2.75) is 0 Å². The summed E-state index contributed by atoms with van der Waals surface area (Å²) < 4.78 is 6.11. The van der Waals surface area contributed by atoms with Crippen LogP contribution in [-0.2, 0) is 4.79 Å². The molecule has 4 nitrogen and oxygen atoms in total. The Balaban J connectivity index is 2.02. The molecule has 0 saturated carbocycles. The monoisotopic (exact) mass is 367 g/mol. The van der Waals surface area contributed by atoms with E-state index in [0.29, 0.717) is 17.5 Å². The van der Waals surface area contributed by atoms with Crippen LogP contribution in [0.1, 0.15) is 10.4 Å². The van der Waals surface area contributed by atoms with Crippen molar-refractivity contribution in [2.75, 3.05) is 11.9 Å². The van der Waals surface area contributed by atoms with Crippen LogP contribution in [0.15, 0.2) is 46.9 Å². The zero-order valence-corrected chi connectivity index (χ0v) is 13.1. The van der Waals surface area contributed by atoms with Gasteiger partial charge in [-0.2, -0.15) is 0 Å². The topological polar surface area (TPSA) is 55.4 Å². The fourth-order valence-corrected chi connectivity index (χ4v) is 2.28. The normalized spacial score (nSPS) is 10.0. The first-order valence-electron chi connectivity index (χ1n) is 6.02. The van der Waals surface area contributed by atoms with Gasteiger partial charge in [0.2, 0.25) is 0 Å². The predicted molar refractivity (Wildman–Crippen MR) is 85.1 cm³/mol. The number of carbonyl (C=O) groups is 2. The Morgan fingerprint density at radius 3 is 2.71 bits per heavy atom. The Morgan fingerprint density at radius 2 is 2.00 bits per heavy atom. The fourth-order valence-electron chi connectivity index (χ4n) is 1.66. The molecule has 0 fully saturated rings. The minimum Gasteiger partial charge on any atom is -0.481 e. The van der Waals surface area contributed by atoms with Crippen LogP contribution in [-0.4, -0.2) is 18.8 Å². The number of halogens is 2. The van der Waals surface area contributed by atoms with Crippen LogP contribution in [0.4, 0.5) is 5.69 Å². The van der Waals surface area contributed by atoms with Gasteiger partial charge in [-0.05, 0) is 40.2 Å². The van der Waals surface area contributed by atoms with Crippen molar-refractivity contribution < 1.29 is 14.3 Å². The second-order valence-electron chi connectivity index (χ2n) is 4.09. The molecule has 6 heteroatoms. The smallest absolute Gasteiger partial charge is 0.262 e. The number of aldehydes is 1. The van der Waals surface area contributed by atoms with Crippen LogP contribution < -0.4 is 10.1 Å². The largest absolute Gasteiger partial charge is 0.481 e. The minimum absolute atomic E-state index is 0.205. The van der Waals surface area contributed by atoms with Crippen molar-refractivity contribution in [3.63, 3.8) is 0 Å². The van der Waals surface area contributed by atoms with E-state index in [-0.39, 0.29) is 23.3 Å². The lowest BCUT2D eigenvalue weighted by Gasteiger charge is -2.11. The quantitative estimate of drug-likeness (QED) is 0.814. The van der Waals surface area contributed by atoms with Gasteiger partial charge < -0.3 is 10.1 Å². The maximum atomic E-state index is 11.9. The number of carbonyl (C=O) groups excluding carboxylic acids is 2. The first-order valence-corrected chi connectivity index (χ1v) is 7.20. The maximum absolute atomic E-state index is 11.9. The number of benzene rings is 2. The van der Waals surface area contributed by atoms with Crippen molar-refractivity contribution in [1.29, 1.82) is 0 Å². The third-order valence-electron chi connectivity index (χ3n) is 2.62. The van der Waals surface area contributed by atoms with Gasteiger partial charge >= 0.3 is 0 Å². The lowest BCUT2D eigenvalue weighted by atomic mass is 10.2. The highest BCUT2D eigenvalue weighted by atomic mass is 79.9. The lowest BCUT2D eigenvalue weighted by Crippen LogP contribution is -2.20. The number of para-hydroxylation sites is 2. The van der Waals surface area contributed by atoms with Crippen molar-refractivity contribution in [2.24, 2.45) is 0 Å². The highest BCUT2D eigenvalue weighted by Gasteiger charge is 2.11. The fraction of sp³-hybridized carbons (Fsp3) is 0.0667. The highest BCUT2D eigenvalue weighted by molar-refractivity contribution is 9.10. The van der Waals surface area contributed by atoms with Gasteiger partial charge in [0.25, 0.3) is 5.91 Å².